The standard InChI is InChI=1S/C26H27N3O2S/c1-2-3-15-31-21-11-9-20(10-12-21)25(30)28-26-23(16-27)22-13-14-29(18-24(22)32-26)17-19-7-5-4-6-8-19/h4-12H,2-3,13-15,17-18H2,1H3,(H,28,30). The van der Waals surface area contributed by atoms with Crippen LogP contribution in [0.2, 0.25) is 0 Å². The van der Waals surface area contributed by atoms with E-state index in [-0.39, 0.29) is 5.91 Å². The Morgan fingerprint density at radius 3 is 2.69 bits per heavy atom. The van der Waals surface area contributed by atoms with Crippen molar-refractivity contribution < 1.29 is 9.53 Å². The van der Waals surface area contributed by atoms with Gasteiger partial charge in [-0.25, -0.2) is 0 Å². The van der Waals surface area contributed by atoms with Gasteiger partial charge in [-0.1, -0.05) is 43.7 Å². The van der Waals surface area contributed by atoms with Gasteiger partial charge < -0.3 is 10.1 Å². The third-order valence-corrected chi connectivity index (χ3v) is 6.74. The fraction of sp³-hybridized carbons (Fsp3) is 0.308. The maximum atomic E-state index is 12.8. The van der Waals surface area contributed by atoms with E-state index in [1.165, 1.54) is 21.8 Å². The van der Waals surface area contributed by atoms with E-state index in [1.807, 2.05) is 18.2 Å². The first-order valence-corrected chi connectivity index (χ1v) is 11.8. The number of nitriles is 1. The lowest BCUT2D eigenvalue weighted by Gasteiger charge is -2.26. The summed E-state index contributed by atoms with van der Waals surface area (Å²) in [6, 6.07) is 19.9. The average Bonchev–Trinajstić information content (AvgIpc) is 3.16. The number of amides is 1. The van der Waals surface area contributed by atoms with Crippen molar-refractivity contribution in [1.82, 2.24) is 4.90 Å². The van der Waals surface area contributed by atoms with Gasteiger partial charge in [-0.05, 0) is 48.2 Å². The second-order valence-electron chi connectivity index (χ2n) is 7.95. The van der Waals surface area contributed by atoms with Crippen molar-refractivity contribution in [1.29, 1.82) is 5.26 Å². The Hall–Kier alpha value is -3.14. The topological polar surface area (TPSA) is 65.4 Å². The molecule has 1 aliphatic rings. The van der Waals surface area contributed by atoms with Crippen LogP contribution < -0.4 is 10.1 Å². The van der Waals surface area contributed by atoms with E-state index in [9.17, 15) is 10.1 Å². The third-order valence-electron chi connectivity index (χ3n) is 5.61. The van der Waals surface area contributed by atoms with E-state index in [0.29, 0.717) is 22.7 Å². The van der Waals surface area contributed by atoms with Crippen molar-refractivity contribution >= 4 is 22.2 Å². The lowest BCUT2D eigenvalue weighted by atomic mass is 10.0. The fourth-order valence-corrected chi connectivity index (χ4v) is 5.09. The van der Waals surface area contributed by atoms with Crippen LogP contribution in [-0.4, -0.2) is 24.0 Å². The van der Waals surface area contributed by atoms with Crippen molar-refractivity contribution in [3.8, 4) is 11.8 Å². The number of nitrogens with zero attached hydrogens (tertiary/aromatic N) is 2. The normalized spacial score (nSPS) is 13.2. The molecule has 2 heterocycles. The quantitative estimate of drug-likeness (QED) is 0.458. The predicted octanol–water partition coefficient (Wildman–Crippen LogP) is 5.61. The van der Waals surface area contributed by atoms with Crippen LogP contribution in [0.1, 0.15) is 51.7 Å². The molecule has 0 fully saturated rings. The average molecular weight is 446 g/mol. The summed E-state index contributed by atoms with van der Waals surface area (Å²) < 4.78 is 5.67. The summed E-state index contributed by atoms with van der Waals surface area (Å²) in [5.74, 6) is 0.555. The molecule has 5 nitrogen and oxygen atoms in total. The van der Waals surface area contributed by atoms with E-state index >= 15 is 0 Å². The highest BCUT2D eigenvalue weighted by Crippen LogP contribution is 2.37. The summed E-state index contributed by atoms with van der Waals surface area (Å²) >= 11 is 1.52. The first-order valence-electron chi connectivity index (χ1n) is 11.0. The zero-order valence-corrected chi connectivity index (χ0v) is 19.1. The predicted molar refractivity (Wildman–Crippen MR) is 128 cm³/mol. The number of thiophene rings is 1. The number of fused-ring (bicyclic) bond motifs is 1. The largest absolute Gasteiger partial charge is 0.494 e. The van der Waals surface area contributed by atoms with E-state index in [4.69, 9.17) is 4.74 Å². The van der Waals surface area contributed by atoms with Crippen LogP contribution in [0.15, 0.2) is 54.6 Å². The minimum Gasteiger partial charge on any atom is -0.494 e. The molecule has 3 aromatic rings. The molecule has 0 saturated heterocycles. The number of unbranched alkanes of at least 4 members (excludes halogenated alkanes) is 1. The van der Waals surface area contributed by atoms with Crippen molar-refractivity contribution in [2.75, 3.05) is 18.5 Å². The number of hydrogen-bond donors (Lipinski definition) is 1. The summed E-state index contributed by atoms with van der Waals surface area (Å²) in [4.78, 5) is 16.4. The molecule has 0 saturated carbocycles. The molecule has 0 bridgehead atoms. The van der Waals surface area contributed by atoms with Gasteiger partial charge in [0, 0.05) is 30.1 Å². The van der Waals surface area contributed by atoms with Crippen LogP contribution in [0.25, 0.3) is 0 Å². The van der Waals surface area contributed by atoms with Crippen molar-refractivity contribution in [2.45, 2.75) is 39.3 Å². The highest BCUT2D eigenvalue weighted by atomic mass is 32.1. The van der Waals surface area contributed by atoms with Gasteiger partial charge in [0.2, 0.25) is 0 Å². The van der Waals surface area contributed by atoms with Crippen LogP contribution in [0, 0.1) is 11.3 Å². The number of ether oxygens (including phenoxy) is 1. The molecule has 2 aromatic carbocycles. The summed E-state index contributed by atoms with van der Waals surface area (Å²) in [5, 5.41) is 13.4. The number of carbonyl (C=O) groups excluding carboxylic acids is 1. The molecule has 164 valence electrons. The van der Waals surface area contributed by atoms with Gasteiger partial charge in [0.05, 0.1) is 12.2 Å². The number of anilines is 1. The van der Waals surface area contributed by atoms with Crippen molar-refractivity contribution in [2.24, 2.45) is 0 Å². The van der Waals surface area contributed by atoms with Crippen LogP contribution >= 0.6 is 11.3 Å². The molecular weight excluding hydrogens is 418 g/mol. The number of nitrogens with one attached hydrogen (secondary N) is 1. The highest BCUT2D eigenvalue weighted by molar-refractivity contribution is 7.16. The maximum Gasteiger partial charge on any atom is 0.256 e. The van der Waals surface area contributed by atoms with Gasteiger partial charge >= 0.3 is 0 Å². The van der Waals surface area contributed by atoms with Crippen LogP contribution in [0.4, 0.5) is 5.00 Å². The Bertz CT molecular complexity index is 1100. The van der Waals surface area contributed by atoms with Gasteiger partial charge in [-0.15, -0.1) is 11.3 Å². The zero-order valence-electron chi connectivity index (χ0n) is 18.3. The first kappa shape index (κ1) is 22.1. The Kier molecular flexibility index (Phi) is 7.21. The summed E-state index contributed by atoms with van der Waals surface area (Å²) in [6.45, 7) is 5.38. The van der Waals surface area contributed by atoms with E-state index in [2.05, 4.69) is 47.5 Å². The number of rotatable bonds is 8. The fourth-order valence-electron chi connectivity index (χ4n) is 3.85. The van der Waals surface area contributed by atoms with Gasteiger partial charge in [0.15, 0.2) is 0 Å². The molecule has 1 amide bonds. The van der Waals surface area contributed by atoms with Gasteiger partial charge in [0.1, 0.15) is 16.8 Å². The van der Waals surface area contributed by atoms with E-state index < -0.39 is 0 Å². The molecule has 1 aromatic heterocycles. The Morgan fingerprint density at radius 2 is 1.97 bits per heavy atom. The smallest absolute Gasteiger partial charge is 0.256 e. The molecule has 0 aliphatic carbocycles. The first-order chi connectivity index (χ1) is 15.7. The number of hydrogen-bond acceptors (Lipinski definition) is 5. The molecule has 6 heteroatoms. The molecular formula is C26H27N3O2S. The zero-order chi connectivity index (χ0) is 22.3. The van der Waals surface area contributed by atoms with Crippen molar-refractivity contribution in [3.05, 3.63) is 81.7 Å². The van der Waals surface area contributed by atoms with Crippen molar-refractivity contribution in [3.63, 3.8) is 0 Å². The molecule has 4 rings (SSSR count). The summed E-state index contributed by atoms with van der Waals surface area (Å²) in [6.07, 6.45) is 2.91. The molecule has 0 radical (unpaired) electrons. The summed E-state index contributed by atoms with van der Waals surface area (Å²) in [5.41, 5.74) is 3.52. The lowest BCUT2D eigenvalue weighted by molar-refractivity contribution is 0.102. The molecule has 1 aliphatic heterocycles. The van der Waals surface area contributed by atoms with Crippen LogP contribution in [0.5, 0.6) is 5.75 Å². The van der Waals surface area contributed by atoms with Gasteiger partial charge in [-0.3, -0.25) is 9.69 Å². The minimum absolute atomic E-state index is 0.207. The maximum absolute atomic E-state index is 12.8. The van der Waals surface area contributed by atoms with Gasteiger partial charge in [-0.2, -0.15) is 5.26 Å². The van der Waals surface area contributed by atoms with Gasteiger partial charge in [0.25, 0.3) is 5.91 Å². The minimum atomic E-state index is -0.207. The number of carbonyl (C=O) groups is 1. The van der Waals surface area contributed by atoms with Crippen LogP contribution in [-0.2, 0) is 19.5 Å². The third kappa shape index (κ3) is 5.18. The van der Waals surface area contributed by atoms with Crippen LogP contribution in [0.3, 0.4) is 0 Å². The Balaban J connectivity index is 1.43. The molecule has 0 atom stereocenters. The molecule has 1 N–H and O–H groups in total. The van der Waals surface area contributed by atoms with E-state index in [1.54, 1.807) is 12.1 Å². The second kappa shape index (κ2) is 10.4. The lowest BCUT2D eigenvalue weighted by Crippen LogP contribution is -2.29. The number of benzene rings is 2. The Morgan fingerprint density at radius 1 is 1.19 bits per heavy atom. The summed E-state index contributed by atoms with van der Waals surface area (Å²) in [7, 11) is 0. The second-order valence-corrected chi connectivity index (χ2v) is 9.05. The Labute approximate surface area is 193 Å². The molecule has 32 heavy (non-hydrogen) atoms. The highest BCUT2D eigenvalue weighted by Gasteiger charge is 2.25. The molecule has 0 unspecified atom stereocenters. The van der Waals surface area contributed by atoms with E-state index in [0.717, 1.165) is 50.2 Å². The molecule has 0 spiro atoms. The monoisotopic (exact) mass is 445 g/mol. The SMILES string of the molecule is CCCCOc1ccc(C(=O)Nc2sc3c(c2C#N)CCN(Cc2ccccc2)C3)cc1.